The zero-order valence-corrected chi connectivity index (χ0v) is 9.74. The molecule has 0 aromatic heterocycles. The van der Waals surface area contributed by atoms with Gasteiger partial charge in [-0.1, -0.05) is 11.8 Å². The van der Waals surface area contributed by atoms with Crippen LogP contribution >= 0.6 is 11.8 Å². The third-order valence-corrected chi connectivity index (χ3v) is 3.91. The van der Waals surface area contributed by atoms with E-state index in [0.717, 1.165) is 5.17 Å². The SMILES string of the molecule is CN=C1NCC([C@H](CO)[C@@H](O)[C@@H](C)O)S1. The second-order valence-electron chi connectivity index (χ2n) is 3.64. The largest absolute Gasteiger partial charge is 0.396 e. The van der Waals surface area contributed by atoms with Crippen LogP contribution in [0.2, 0.25) is 0 Å². The van der Waals surface area contributed by atoms with Gasteiger partial charge >= 0.3 is 0 Å². The zero-order valence-electron chi connectivity index (χ0n) is 8.92. The Labute approximate surface area is 93.6 Å². The lowest BCUT2D eigenvalue weighted by Gasteiger charge is -2.26. The van der Waals surface area contributed by atoms with E-state index in [0.29, 0.717) is 6.54 Å². The average Bonchev–Trinajstić information content (AvgIpc) is 2.67. The Kier molecular flexibility index (Phi) is 4.85. The summed E-state index contributed by atoms with van der Waals surface area (Å²) in [6.07, 6.45) is -1.73. The molecule has 1 saturated heterocycles. The third-order valence-electron chi connectivity index (χ3n) is 2.54. The van der Waals surface area contributed by atoms with Crippen molar-refractivity contribution in [2.75, 3.05) is 20.2 Å². The molecule has 6 heteroatoms. The maximum absolute atomic E-state index is 9.71. The van der Waals surface area contributed by atoms with Crippen molar-refractivity contribution >= 4 is 16.9 Å². The van der Waals surface area contributed by atoms with Crippen LogP contribution in [0.15, 0.2) is 4.99 Å². The molecule has 1 fully saturated rings. The summed E-state index contributed by atoms with van der Waals surface area (Å²) in [5, 5.41) is 32.2. The van der Waals surface area contributed by atoms with E-state index in [4.69, 9.17) is 0 Å². The van der Waals surface area contributed by atoms with Crippen molar-refractivity contribution in [2.24, 2.45) is 10.9 Å². The number of hydrogen-bond donors (Lipinski definition) is 4. The molecule has 15 heavy (non-hydrogen) atoms. The number of hydrogen-bond acceptors (Lipinski definition) is 5. The maximum Gasteiger partial charge on any atom is 0.156 e. The van der Waals surface area contributed by atoms with Gasteiger partial charge in [0.25, 0.3) is 0 Å². The molecule has 0 aliphatic carbocycles. The summed E-state index contributed by atoms with van der Waals surface area (Å²) in [5.74, 6) is -0.332. The highest BCUT2D eigenvalue weighted by molar-refractivity contribution is 8.14. The first-order valence-electron chi connectivity index (χ1n) is 4.94. The van der Waals surface area contributed by atoms with Crippen molar-refractivity contribution < 1.29 is 15.3 Å². The summed E-state index contributed by atoms with van der Waals surface area (Å²) in [7, 11) is 1.69. The number of amidine groups is 1. The molecular weight excluding hydrogens is 216 g/mol. The minimum absolute atomic E-state index is 0.0540. The molecule has 0 radical (unpaired) electrons. The number of aliphatic imine (C=N–C) groups is 1. The van der Waals surface area contributed by atoms with Crippen molar-refractivity contribution in [1.82, 2.24) is 5.32 Å². The van der Waals surface area contributed by atoms with Crippen molar-refractivity contribution in [3.63, 3.8) is 0 Å². The molecule has 1 heterocycles. The van der Waals surface area contributed by atoms with Gasteiger partial charge in [0.05, 0.1) is 12.2 Å². The number of nitrogens with zero attached hydrogens (tertiary/aromatic N) is 1. The van der Waals surface area contributed by atoms with Gasteiger partial charge in [-0.3, -0.25) is 4.99 Å². The van der Waals surface area contributed by atoms with E-state index >= 15 is 0 Å². The summed E-state index contributed by atoms with van der Waals surface area (Å²) < 4.78 is 0. The summed E-state index contributed by atoms with van der Waals surface area (Å²) >= 11 is 1.50. The maximum atomic E-state index is 9.71. The topological polar surface area (TPSA) is 85.1 Å². The minimum Gasteiger partial charge on any atom is -0.396 e. The van der Waals surface area contributed by atoms with E-state index in [-0.39, 0.29) is 17.8 Å². The molecule has 1 unspecified atom stereocenters. The normalized spacial score (nSPS) is 29.9. The number of aliphatic hydroxyl groups is 3. The Morgan fingerprint density at radius 2 is 2.27 bits per heavy atom. The summed E-state index contributed by atoms with van der Waals surface area (Å²) in [4.78, 5) is 4.00. The van der Waals surface area contributed by atoms with Gasteiger partial charge in [0.1, 0.15) is 0 Å². The minimum atomic E-state index is -0.898. The second kappa shape index (κ2) is 5.69. The van der Waals surface area contributed by atoms with Crippen LogP contribution < -0.4 is 5.32 Å². The van der Waals surface area contributed by atoms with Gasteiger partial charge < -0.3 is 20.6 Å². The summed E-state index contributed by atoms with van der Waals surface area (Å²) in [6, 6.07) is 0. The van der Waals surface area contributed by atoms with E-state index in [1.165, 1.54) is 18.7 Å². The monoisotopic (exact) mass is 234 g/mol. The second-order valence-corrected chi connectivity index (χ2v) is 4.87. The molecule has 88 valence electrons. The highest BCUT2D eigenvalue weighted by atomic mass is 32.2. The lowest BCUT2D eigenvalue weighted by Crippen LogP contribution is -2.40. The molecule has 0 aromatic carbocycles. The molecule has 1 aliphatic rings. The van der Waals surface area contributed by atoms with E-state index in [1.54, 1.807) is 7.05 Å². The van der Waals surface area contributed by atoms with E-state index < -0.39 is 12.2 Å². The van der Waals surface area contributed by atoms with Crippen LogP contribution in [0.3, 0.4) is 0 Å². The fraction of sp³-hybridized carbons (Fsp3) is 0.889. The van der Waals surface area contributed by atoms with Crippen molar-refractivity contribution in [3.05, 3.63) is 0 Å². The Morgan fingerprint density at radius 1 is 1.60 bits per heavy atom. The molecule has 1 rings (SSSR count). The van der Waals surface area contributed by atoms with Gasteiger partial charge in [0, 0.05) is 31.4 Å². The van der Waals surface area contributed by atoms with E-state index in [9.17, 15) is 15.3 Å². The van der Waals surface area contributed by atoms with E-state index in [2.05, 4.69) is 10.3 Å². The summed E-state index contributed by atoms with van der Waals surface area (Å²) in [5.41, 5.74) is 0. The van der Waals surface area contributed by atoms with Crippen LogP contribution in [0.25, 0.3) is 0 Å². The number of rotatable bonds is 4. The first-order chi connectivity index (χ1) is 7.10. The van der Waals surface area contributed by atoms with Crippen LogP contribution in [0.1, 0.15) is 6.92 Å². The molecule has 4 N–H and O–H groups in total. The predicted molar refractivity (Wildman–Crippen MR) is 61.0 cm³/mol. The van der Waals surface area contributed by atoms with Crippen LogP contribution in [0.5, 0.6) is 0 Å². The van der Waals surface area contributed by atoms with Crippen molar-refractivity contribution in [2.45, 2.75) is 24.4 Å². The number of aliphatic hydroxyl groups excluding tert-OH is 3. The van der Waals surface area contributed by atoms with Gasteiger partial charge in [0.15, 0.2) is 5.17 Å². The van der Waals surface area contributed by atoms with Gasteiger partial charge in [-0.15, -0.1) is 0 Å². The van der Waals surface area contributed by atoms with Crippen LogP contribution in [-0.4, -0.2) is 58.1 Å². The average molecular weight is 234 g/mol. The van der Waals surface area contributed by atoms with E-state index in [1.807, 2.05) is 0 Å². The standard InChI is InChI=1S/C9H18N2O3S/c1-5(13)8(14)6(4-12)7-3-11-9(10-2)15-7/h5-8,12-14H,3-4H2,1-2H3,(H,10,11)/t5-,6+,7?,8+/m1/s1. The van der Waals surface area contributed by atoms with Gasteiger partial charge in [-0.25, -0.2) is 0 Å². The third kappa shape index (κ3) is 3.07. The number of thioether (sulfide) groups is 1. The fourth-order valence-corrected chi connectivity index (χ4v) is 2.74. The molecular formula is C9H18N2O3S. The lowest BCUT2D eigenvalue weighted by molar-refractivity contribution is -0.0231. The highest BCUT2D eigenvalue weighted by Crippen LogP contribution is 2.28. The van der Waals surface area contributed by atoms with Crippen molar-refractivity contribution in [1.29, 1.82) is 0 Å². The Bertz CT molecular complexity index is 235. The quantitative estimate of drug-likeness (QED) is 0.503. The molecule has 4 atom stereocenters. The fourth-order valence-electron chi connectivity index (χ4n) is 1.59. The predicted octanol–water partition coefficient (Wildman–Crippen LogP) is -0.973. The molecule has 0 aromatic rings. The Hall–Kier alpha value is -0.300. The zero-order chi connectivity index (χ0) is 11.4. The van der Waals surface area contributed by atoms with Gasteiger partial charge in [-0.2, -0.15) is 0 Å². The number of nitrogens with one attached hydrogen (secondary N) is 1. The Morgan fingerprint density at radius 3 is 2.67 bits per heavy atom. The van der Waals surface area contributed by atoms with Crippen LogP contribution in [0.4, 0.5) is 0 Å². The van der Waals surface area contributed by atoms with Gasteiger partial charge in [-0.05, 0) is 6.92 Å². The summed E-state index contributed by atoms with van der Waals surface area (Å²) in [6.45, 7) is 2.05. The highest BCUT2D eigenvalue weighted by Gasteiger charge is 2.35. The smallest absolute Gasteiger partial charge is 0.156 e. The lowest BCUT2D eigenvalue weighted by atomic mass is 9.95. The first kappa shape index (κ1) is 12.8. The van der Waals surface area contributed by atoms with Crippen molar-refractivity contribution in [3.8, 4) is 0 Å². The Balaban J connectivity index is 2.60. The van der Waals surface area contributed by atoms with Crippen LogP contribution in [-0.2, 0) is 0 Å². The molecule has 0 spiro atoms. The molecule has 0 bridgehead atoms. The molecule has 0 saturated carbocycles. The van der Waals surface area contributed by atoms with Crippen LogP contribution in [0, 0.1) is 5.92 Å². The molecule has 5 nitrogen and oxygen atoms in total. The molecule has 1 aliphatic heterocycles. The first-order valence-corrected chi connectivity index (χ1v) is 5.82. The van der Waals surface area contributed by atoms with Gasteiger partial charge in [0.2, 0.25) is 0 Å². The molecule has 0 amide bonds.